The lowest BCUT2D eigenvalue weighted by Crippen LogP contribution is -2.70. The normalized spacial score (nSPS) is 47.4. The van der Waals surface area contributed by atoms with E-state index in [1.54, 1.807) is 13.8 Å². The number of fused-ring (bicyclic) bond motifs is 4. The molecule has 11 heteroatoms. The highest BCUT2D eigenvalue weighted by molar-refractivity contribution is 5.68. The van der Waals surface area contributed by atoms with Gasteiger partial charge in [-0.05, 0) is 112 Å². The van der Waals surface area contributed by atoms with Crippen LogP contribution in [0, 0.1) is 45.3 Å². The van der Waals surface area contributed by atoms with E-state index < -0.39 is 23.3 Å². The summed E-state index contributed by atoms with van der Waals surface area (Å²) >= 11 is 0. The van der Waals surface area contributed by atoms with Crippen molar-refractivity contribution in [3.63, 3.8) is 0 Å². The van der Waals surface area contributed by atoms with Crippen LogP contribution in [0.3, 0.4) is 0 Å². The van der Waals surface area contributed by atoms with Crippen LogP contribution in [0.1, 0.15) is 99.8 Å². The number of morpholine rings is 1. The standard InChI is InChI=1S/C42H72N4O7/c1-8-51-35(38(5,6)49)28-25-27(2)32-33(52-28)34(47)42(43)30-10-9-29-37(3,4)31(11-12-40(29)26-41(30,40)14-13-39(32,42)7)53-36(48)46-19-17-44(18-20-46)15-16-45-21-23-50-24-22-45/h27-35,47,49H,8-26,43H2,1-7H3/t27-,28+,29+,30?,31?,32+,33?,34+,35?,39?,40?,41?,42+/m1/s1. The summed E-state index contributed by atoms with van der Waals surface area (Å²) in [7, 11) is 0. The Bertz CT molecular complexity index is 1360. The van der Waals surface area contributed by atoms with Crippen LogP contribution in [0.2, 0.25) is 0 Å². The molecule has 3 aliphatic heterocycles. The molecule has 0 bridgehead atoms. The average Bonchev–Trinajstić information content (AvgIpc) is 3.75. The van der Waals surface area contributed by atoms with E-state index >= 15 is 0 Å². The summed E-state index contributed by atoms with van der Waals surface area (Å²) in [5.74, 6) is 1.13. The van der Waals surface area contributed by atoms with Crippen LogP contribution in [0.5, 0.6) is 0 Å². The third-order valence-electron chi connectivity index (χ3n) is 17.3. The third kappa shape index (κ3) is 5.81. The third-order valence-corrected chi connectivity index (χ3v) is 17.3. The van der Waals surface area contributed by atoms with Gasteiger partial charge in [-0.15, -0.1) is 0 Å². The molecule has 7 unspecified atom stereocenters. The molecule has 2 spiro atoms. The number of piperazine rings is 1. The number of nitrogens with two attached hydrogens (primary N) is 1. The predicted molar refractivity (Wildman–Crippen MR) is 202 cm³/mol. The molecule has 302 valence electrons. The van der Waals surface area contributed by atoms with Gasteiger partial charge < -0.3 is 39.8 Å². The molecule has 8 fully saturated rings. The fourth-order valence-electron chi connectivity index (χ4n) is 14.8. The summed E-state index contributed by atoms with van der Waals surface area (Å²) in [5, 5.41) is 23.6. The van der Waals surface area contributed by atoms with Crippen molar-refractivity contribution in [1.82, 2.24) is 14.7 Å². The van der Waals surface area contributed by atoms with Gasteiger partial charge in [-0.1, -0.05) is 27.7 Å². The first kappa shape index (κ1) is 38.8. The summed E-state index contributed by atoms with van der Waals surface area (Å²) < 4.78 is 25.0. The largest absolute Gasteiger partial charge is 0.446 e. The quantitative estimate of drug-likeness (QED) is 0.334. The minimum Gasteiger partial charge on any atom is -0.446 e. The molecule has 0 aromatic rings. The van der Waals surface area contributed by atoms with Crippen molar-refractivity contribution in [2.24, 2.45) is 51.1 Å². The zero-order chi connectivity index (χ0) is 37.8. The summed E-state index contributed by atoms with van der Waals surface area (Å²) in [5.41, 5.74) is 5.95. The number of carbonyl (C=O) groups excluding carboxylic acids is 1. The van der Waals surface area contributed by atoms with Crippen molar-refractivity contribution in [3.05, 3.63) is 0 Å². The molecule has 5 aliphatic carbocycles. The molecule has 1 amide bonds. The molecule has 8 aliphatic rings. The van der Waals surface area contributed by atoms with Crippen molar-refractivity contribution in [2.75, 3.05) is 72.2 Å². The Hall–Kier alpha value is -1.05. The van der Waals surface area contributed by atoms with E-state index in [0.717, 1.165) is 111 Å². The van der Waals surface area contributed by atoms with E-state index in [2.05, 4.69) is 37.5 Å². The Labute approximate surface area is 318 Å². The maximum atomic E-state index is 13.7. The summed E-state index contributed by atoms with van der Waals surface area (Å²) in [6.07, 6.45) is 5.97. The average molecular weight is 745 g/mol. The van der Waals surface area contributed by atoms with Gasteiger partial charge >= 0.3 is 6.09 Å². The Kier molecular flexibility index (Phi) is 9.90. The van der Waals surface area contributed by atoms with Crippen LogP contribution in [0.25, 0.3) is 0 Å². The predicted octanol–water partition coefficient (Wildman–Crippen LogP) is 4.12. The number of hydrogen-bond acceptors (Lipinski definition) is 10. The zero-order valence-corrected chi connectivity index (χ0v) is 34.0. The molecule has 3 saturated heterocycles. The van der Waals surface area contributed by atoms with Crippen molar-refractivity contribution < 1.29 is 34.0 Å². The van der Waals surface area contributed by atoms with Crippen LogP contribution >= 0.6 is 0 Å². The minimum atomic E-state index is -1.06. The first-order valence-corrected chi connectivity index (χ1v) is 21.5. The zero-order valence-electron chi connectivity index (χ0n) is 34.0. The van der Waals surface area contributed by atoms with Crippen molar-refractivity contribution in [1.29, 1.82) is 0 Å². The van der Waals surface area contributed by atoms with Crippen molar-refractivity contribution >= 4 is 6.09 Å². The van der Waals surface area contributed by atoms with Gasteiger partial charge in [0.25, 0.3) is 0 Å². The Balaban J connectivity index is 0.935. The van der Waals surface area contributed by atoms with Gasteiger partial charge in [0.15, 0.2) is 0 Å². The smallest absolute Gasteiger partial charge is 0.410 e. The molecule has 5 saturated carbocycles. The van der Waals surface area contributed by atoms with Gasteiger partial charge in [0.05, 0.1) is 42.7 Å². The Morgan fingerprint density at radius 2 is 1.58 bits per heavy atom. The first-order valence-electron chi connectivity index (χ1n) is 21.5. The maximum Gasteiger partial charge on any atom is 0.410 e. The first-order chi connectivity index (χ1) is 25.0. The van der Waals surface area contributed by atoms with E-state index in [9.17, 15) is 15.0 Å². The molecule has 4 N–H and O–H groups in total. The number of aliphatic hydroxyl groups excluding tert-OH is 1. The van der Waals surface area contributed by atoms with E-state index in [0.29, 0.717) is 12.5 Å². The molecule has 53 heavy (non-hydrogen) atoms. The van der Waals surface area contributed by atoms with Crippen LogP contribution < -0.4 is 5.73 Å². The fraction of sp³-hybridized carbons (Fsp3) is 0.976. The number of nitrogens with zero attached hydrogens (tertiary/aromatic N) is 3. The molecular weight excluding hydrogens is 672 g/mol. The number of ether oxygens (including phenoxy) is 4. The molecule has 3 heterocycles. The van der Waals surface area contributed by atoms with Crippen LogP contribution in [0.4, 0.5) is 4.79 Å². The second-order valence-electron chi connectivity index (χ2n) is 20.4. The van der Waals surface area contributed by atoms with Gasteiger partial charge in [-0.2, -0.15) is 0 Å². The number of rotatable bonds is 8. The highest BCUT2D eigenvalue weighted by atomic mass is 16.6. The molecule has 8 rings (SSSR count). The van der Waals surface area contributed by atoms with E-state index in [-0.39, 0.29) is 63.8 Å². The van der Waals surface area contributed by atoms with Gasteiger partial charge in [0, 0.05) is 64.4 Å². The van der Waals surface area contributed by atoms with Crippen molar-refractivity contribution in [3.8, 4) is 0 Å². The number of aliphatic hydroxyl groups is 2. The molecular formula is C42H72N4O7. The Morgan fingerprint density at radius 1 is 0.943 bits per heavy atom. The SMILES string of the molecule is CCOC([C@@H]1C[C@@H](C)[C@H]2C(O1)[C@H](O)[C@@]1(N)C3CC[C@H]4C(C)(C)C(OC(=O)N5CCN(CCN6CCOCC6)CC5)CCC45CC35CCC21C)C(C)(C)O. The topological polar surface area (TPSA) is 130 Å². The van der Waals surface area contributed by atoms with E-state index in [4.69, 9.17) is 24.7 Å². The molecule has 11 nitrogen and oxygen atoms in total. The molecule has 13 atom stereocenters. The van der Waals surface area contributed by atoms with E-state index in [1.165, 1.54) is 6.42 Å². The second-order valence-corrected chi connectivity index (χ2v) is 20.4. The molecule has 0 aromatic carbocycles. The lowest BCUT2D eigenvalue weighted by molar-refractivity contribution is -0.214. The highest BCUT2D eigenvalue weighted by Gasteiger charge is 2.85. The van der Waals surface area contributed by atoms with Crippen LogP contribution in [-0.4, -0.2) is 145 Å². The Morgan fingerprint density at radius 3 is 2.25 bits per heavy atom. The van der Waals surface area contributed by atoms with Crippen LogP contribution in [-0.2, 0) is 18.9 Å². The number of hydrogen-bond donors (Lipinski definition) is 3. The lowest BCUT2D eigenvalue weighted by atomic mass is 9.43. The minimum absolute atomic E-state index is 0.0972. The maximum absolute atomic E-state index is 13.7. The highest BCUT2D eigenvalue weighted by Crippen LogP contribution is 2.87. The summed E-state index contributed by atoms with van der Waals surface area (Å²) in [4.78, 5) is 20.6. The number of carbonyl (C=O) groups is 1. The molecule has 0 radical (unpaired) electrons. The van der Waals surface area contributed by atoms with Gasteiger partial charge in [0.2, 0.25) is 0 Å². The van der Waals surface area contributed by atoms with Gasteiger partial charge in [-0.25, -0.2) is 4.79 Å². The van der Waals surface area contributed by atoms with Crippen molar-refractivity contribution in [2.45, 2.75) is 141 Å². The van der Waals surface area contributed by atoms with E-state index in [1.807, 2.05) is 11.8 Å². The van der Waals surface area contributed by atoms with Crippen LogP contribution in [0.15, 0.2) is 0 Å². The summed E-state index contributed by atoms with van der Waals surface area (Å²) in [6, 6.07) is 0. The lowest BCUT2D eigenvalue weighted by Gasteiger charge is -2.63. The fourth-order valence-corrected chi connectivity index (χ4v) is 14.8. The number of amides is 1. The molecule has 0 aromatic heterocycles. The second kappa shape index (κ2) is 13.5. The monoisotopic (exact) mass is 745 g/mol. The summed E-state index contributed by atoms with van der Waals surface area (Å²) in [6.45, 7) is 24.5. The van der Waals surface area contributed by atoms with Gasteiger partial charge in [-0.3, -0.25) is 9.80 Å². The van der Waals surface area contributed by atoms with Gasteiger partial charge in [0.1, 0.15) is 12.2 Å².